The zero-order chi connectivity index (χ0) is 25.0. The number of nitrogens with one attached hydrogen (secondary N) is 2. The Morgan fingerprint density at radius 1 is 1.06 bits per heavy atom. The van der Waals surface area contributed by atoms with E-state index < -0.39 is 17.7 Å². The van der Waals surface area contributed by atoms with Gasteiger partial charge in [-0.15, -0.1) is 0 Å². The van der Waals surface area contributed by atoms with E-state index in [0.717, 1.165) is 5.56 Å². The second kappa shape index (κ2) is 14.2. The molecule has 1 aromatic rings. The predicted octanol–water partition coefficient (Wildman–Crippen LogP) is 4.42. The molecule has 0 spiro atoms. The summed E-state index contributed by atoms with van der Waals surface area (Å²) in [7, 11) is 0. The van der Waals surface area contributed by atoms with Gasteiger partial charge in [0.1, 0.15) is 18.2 Å². The van der Waals surface area contributed by atoms with E-state index in [2.05, 4.69) is 24.5 Å². The van der Waals surface area contributed by atoms with Crippen LogP contribution in [-0.2, 0) is 20.9 Å². The molecule has 7 nitrogen and oxygen atoms in total. The number of hydrogen-bond acceptors (Lipinski definition) is 6. The lowest BCUT2D eigenvalue weighted by molar-refractivity contribution is -0.158. The molecule has 188 valence electrons. The molecule has 0 radical (unpaired) electrons. The second-order valence-electron chi connectivity index (χ2n) is 10.3. The monoisotopic (exact) mass is 464 g/mol. The quantitative estimate of drug-likeness (QED) is 0.374. The van der Waals surface area contributed by atoms with Gasteiger partial charge in [0.25, 0.3) is 0 Å². The number of ether oxygens (including phenoxy) is 2. The Balaban J connectivity index is 2.96. The first-order valence-corrected chi connectivity index (χ1v) is 12.0. The molecule has 0 aromatic heterocycles. The zero-order valence-electron chi connectivity index (χ0n) is 21.4. The number of alkyl carbamates (subject to hydrolysis) is 1. The van der Waals surface area contributed by atoms with Crippen LogP contribution < -0.4 is 10.6 Å². The average Bonchev–Trinajstić information content (AvgIpc) is 2.72. The van der Waals surface area contributed by atoms with E-state index in [9.17, 15) is 14.7 Å². The van der Waals surface area contributed by atoms with Gasteiger partial charge in [0, 0.05) is 18.7 Å². The Morgan fingerprint density at radius 2 is 1.70 bits per heavy atom. The first-order valence-electron chi connectivity index (χ1n) is 12.0. The minimum atomic E-state index is -0.592. The van der Waals surface area contributed by atoms with Crippen molar-refractivity contribution in [3.63, 3.8) is 0 Å². The molecular formula is C26H44N2O5. The summed E-state index contributed by atoms with van der Waals surface area (Å²) < 4.78 is 11.1. The van der Waals surface area contributed by atoms with E-state index in [4.69, 9.17) is 9.47 Å². The van der Waals surface area contributed by atoms with Gasteiger partial charge in [-0.05, 0) is 57.4 Å². The second-order valence-corrected chi connectivity index (χ2v) is 10.3. The fourth-order valence-electron chi connectivity index (χ4n) is 3.65. The minimum Gasteiger partial charge on any atom is -0.459 e. The molecule has 3 N–H and O–H groups in total. The summed E-state index contributed by atoms with van der Waals surface area (Å²) in [5.74, 6) is 0.0398. The maximum absolute atomic E-state index is 12.9. The summed E-state index contributed by atoms with van der Waals surface area (Å²) in [5.41, 5.74) is 0.316. The Bertz CT molecular complexity index is 700. The third kappa shape index (κ3) is 12.1. The molecule has 0 aliphatic carbocycles. The lowest BCUT2D eigenvalue weighted by Gasteiger charge is -2.35. The van der Waals surface area contributed by atoms with Crippen LogP contribution in [0.3, 0.4) is 0 Å². The maximum Gasteiger partial charge on any atom is 0.407 e. The van der Waals surface area contributed by atoms with Gasteiger partial charge in [0.2, 0.25) is 0 Å². The third-order valence-corrected chi connectivity index (χ3v) is 5.14. The molecule has 3 atom stereocenters. The Morgan fingerprint density at radius 3 is 2.21 bits per heavy atom. The normalized spacial score (nSPS) is 14.6. The summed E-state index contributed by atoms with van der Waals surface area (Å²) in [6.45, 7) is 13.9. The molecule has 33 heavy (non-hydrogen) atoms. The van der Waals surface area contributed by atoms with E-state index in [-0.39, 0.29) is 43.1 Å². The number of hydrogen-bond donors (Lipinski definition) is 3. The number of carbonyl (C=O) groups excluding carboxylic acids is 2. The van der Waals surface area contributed by atoms with Gasteiger partial charge < -0.3 is 19.9 Å². The highest BCUT2D eigenvalue weighted by molar-refractivity contribution is 5.76. The molecule has 1 aromatic carbocycles. The van der Waals surface area contributed by atoms with E-state index in [1.807, 2.05) is 65.0 Å². The van der Waals surface area contributed by atoms with Crippen molar-refractivity contribution < 1.29 is 24.2 Å². The number of benzene rings is 1. The lowest BCUT2D eigenvalue weighted by atomic mass is 9.91. The van der Waals surface area contributed by atoms with Crippen LogP contribution in [0.25, 0.3) is 0 Å². The number of aliphatic hydroxyl groups is 1. The highest BCUT2D eigenvalue weighted by atomic mass is 16.6. The van der Waals surface area contributed by atoms with Crippen LogP contribution in [0, 0.1) is 11.8 Å². The summed E-state index contributed by atoms with van der Waals surface area (Å²) in [4.78, 5) is 25.5. The van der Waals surface area contributed by atoms with E-state index in [1.165, 1.54) is 0 Å². The van der Waals surface area contributed by atoms with Crippen molar-refractivity contribution in [2.75, 3.05) is 6.61 Å². The summed E-state index contributed by atoms with van der Waals surface area (Å²) in [6.07, 6.45) is 1.24. The van der Waals surface area contributed by atoms with Crippen LogP contribution in [0.2, 0.25) is 0 Å². The molecular weight excluding hydrogens is 420 g/mol. The molecule has 1 rings (SSSR count). The number of aliphatic hydroxyl groups excluding tert-OH is 1. The Kier molecular flexibility index (Phi) is 12.4. The molecule has 0 bridgehead atoms. The van der Waals surface area contributed by atoms with Crippen LogP contribution in [0.4, 0.5) is 4.79 Å². The smallest absolute Gasteiger partial charge is 0.407 e. The molecule has 0 unspecified atom stereocenters. The molecule has 0 fully saturated rings. The van der Waals surface area contributed by atoms with Crippen molar-refractivity contribution in [3.8, 4) is 0 Å². The van der Waals surface area contributed by atoms with Crippen molar-refractivity contribution in [2.24, 2.45) is 11.8 Å². The summed E-state index contributed by atoms with van der Waals surface area (Å²) in [5, 5.41) is 15.9. The predicted molar refractivity (Wildman–Crippen MR) is 131 cm³/mol. The minimum absolute atomic E-state index is 0.0305. The van der Waals surface area contributed by atoms with Gasteiger partial charge in [0.05, 0.1) is 0 Å². The number of carbonyl (C=O) groups is 2. The molecule has 1 amide bonds. The van der Waals surface area contributed by atoms with Crippen molar-refractivity contribution in [1.29, 1.82) is 0 Å². The van der Waals surface area contributed by atoms with Gasteiger partial charge >= 0.3 is 12.1 Å². The summed E-state index contributed by atoms with van der Waals surface area (Å²) >= 11 is 0. The van der Waals surface area contributed by atoms with Crippen molar-refractivity contribution in [2.45, 2.75) is 98.1 Å². The van der Waals surface area contributed by atoms with Gasteiger partial charge in [-0.1, -0.05) is 58.0 Å². The molecule has 0 aliphatic heterocycles. The fourth-order valence-corrected chi connectivity index (χ4v) is 3.65. The fraction of sp³-hybridized carbons (Fsp3) is 0.692. The van der Waals surface area contributed by atoms with Crippen molar-refractivity contribution in [3.05, 3.63) is 35.9 Å². The van der Waals surface area contributed by atoms with Crippen LogP contribution >= 0.6 is 0 Å². The number of amides is 1. The Labute approximate surface area is 199 Å². The molecule has 0 aliphatic rings. The summed E-state index contributed by atoms with van der Waals surface area (Å²) in [6, 6.07) is 8.45. The topological polar surface area (TPSA) is 96.9 Å². The molecule has 0 heterocycles. The lowest BCUT2D eigenvalue weighted by Crippen LogP contribution is -2.57. The SMILES string of the molecule is CC(C)C[C@H](N[C@@H](CCCO)[C@@H](NC(=O)OCc1ccccc1)C(C)C)C(=O)OC(C)(C)C. The molecule has 0 saturated carbocycles. The first-order chi connectivity index (χ1) is 15.4. The highest BCUT2D eigenvalue weighted by Crippen LogP contribution is 2.18. The van der Waals surface area contributed by atoms with Crippen LogP contribution in [0.5, 0.6) is 0 Å². The van der Waals surface area contributed by atoms with E-state index >= 15 is 0 Å². The van der Waals surface area contributed by atoms with Crippen LogP contribution in [0.1, 0.15) is 73.3 Å². The van der Waals surface area contributed by atoms with E-state index in [0.29, 0.717) is 19.3 Å². The highest BCUT2D eigenvalue weighted by Gasteiger charge is 2.33. The third-order valence-electron chi connectivity index (χ3n) is 5.14. The average molecular weight is 465 g/mol. The standard InChI is InChI=1S/C26H44N2O5/c1-18(2)16-22(24(30)33-26(5,6)7)27-21(14-11-15-29)23(19(3)4)28-25(31)32-17-20-12-9-8-10-13-20/h8-10,12-13,18-19,21-23,27,29H,11,14-17H2,1-7H3,(H,28,31)/t21-,22-,23-/m0/s1. The van der Waals surface area contributed by atoms with Gasteiger partial charge in [-0.2, -0.15) is 0 Å². The van der Waals surface area contributed by atoms with E-state index in [1.54, 1.807) is 0 Å². The number of rotatable bonds is 13. The van der Waals surface area contributed by atoms with Crippen LogP contribution in [0.15, 0.2) is 30.3 Å². The van der Waals surface area contributed by atoms with Gasteiger partial charge in [-0.25, -0.2) is 4.79 Å². The van der Waals surface area contributed by atoms with Gasteiger partial charge in [-0.3, -0.25) is 10.1 Å². The van der Waals surface area contributed by atoms with Crippen LogP contribution in [-0.4, -0.2) is 47.5 Å². The largest absolute Gasteiger partial charge is 0.459 e. The zero-order valence-corrected chi connectivity index (χ0v) is 21.4. The van der Waals surface area contributed by atoms with Crippen molar-refractivity contribution in [1.82, 2.24) is 10.6 Å². The molecule has 0 saturated heterocycles. The molecule has 7 heteroatoms. The Hall–Kier alpha value is -2.12. The van der Waals surface area contributed by atoms with Gasteiger partial charge in [0.15, 0.2) is 0 Å². The first kappa shape index (κ1) is 28.9. The maximum atomic E-state index is 12.9. The number of esters is 1. The van der Waals surface area contributed by atoms with Crippen molar-refractivity contribution >= 4 is 12.1 Å².